The van der Waals surface area contributed by atoms with E-state index in [0.717, 1.165) is 50.0 Å². The average Bonchev–Trinajstić information content (AvgIpc) is 3.53. The first-order valence-corrected chi connectivity index (χ1v) is 9.80. The van der Waals surface area contributed by atoms with E-state index in [1.165, 1.54) is 12.4 Å². The fourth-order valence-electron chi connectivity index (χ4n) is 3.82. The summed E-state index contributed by atoms with van der Waals surface area (Å²) in [5.41, 5.74) is 14.6. The van der Waals surface area contributed by atoms with E-state index in [-0.39, 0.29) is 41.5 Å². The molecule has 0 bridgehead atoms. The fourth-order valence-corrected chi connectivity index (χ4v) is 3.82. The molecule has 1 saturated carbocycles. The molecule has 1 aliphatic heterocycles. The van der Waals surface area contributed by atoms with Crippen molar-refractivity contribution in [2.24, 2.45) is 11.7 Å². The van der Waals surface area contributed by atoms with Crippen LogP contribution in [-0.4, -0.2) is 40.7 Å². The molecule has 1 saturated heterocycles. The van der Waals surface area contributed by atoms with Gasteiger partial charge < -0.3 is 16.4 Å². The van der Waals surface area contributed by atoms with Gasteiger partial charge in [0.25, 0.3) is 0 Å². The van der Waals surface area contributed by atoms with Crippen LogP contribution in [0.25, 0.3) is 0 Å². The monoisotopic (exact) mass is 379 g/mol. The molecule has 146 valence electrons. The Balaban J connectivity index is 1.67. The number of Topliss-reactive ketones (excluding diaryl/α,β-unsaturated/α-hetero) is 2. The van der Waals surface area contributed by atoms with Crippen molar-refractivity contribution in [1.82, 2.24) is 9.97 Å². The minimum absolute atomic E-state index is 0.112. The summed E-state index contributed by atoms with van der Waals surface area (Å²) in [7, 11) is 0. The summed E-state index contributed by atoms with van der Waals surface area (Å²) in [6.07, 6.45) is 6.95. The fraction of sp³-hybridized carbons (Fsp3) is 0.429. The van der Waals surface area contributed by atoms with Crippen molar-refractivity contribution < 1.29 is 9.59 Å². The lowest BCUT2D eigenvalue weighted by atomic mass is 9.96. The van der Waals surface area contributed by atoms with Gasteiger partial charge in [0, 0.05) is 55.1 Å². The second-order valence-electron chi connectivity index (χ2n) is 7.72. The van der Waals surface area contributed by atoms with Crippen LogP contribution in [0.1, 0.15) is 52.1 Å². The Hall–Kier alpha value is -2.80. The number of carbonyl (C=O) groups is 2. The third kappa shape index (κ3) is 3.89. The first kappa shape index (κ1) is 18.6. The third-order valence-corrected chi connectivity index (χ3v) is 5.45. The molecular weight excluding hydrogens is 354 g/mol. The number of benzene rings is 1. The predicted octanol–water partition coefficient (Wildman–Crippen LogP) is 2.00. The highest BCUT2D eigenvalue weighted by atomic mass is 16.1. The van der Waals surface area contributed by atoms with Crippen LogP contribution in [0, 0.1) is 5.92 Å². The van der Waals surface area contributed by atoms with Crippen LogP contribution in [0.15, 0.2) is 30.6 Å². The molecule has 1 atom stereocenters. The minimum atomic E-state index is -0.204. The lowest BCUT2D eigenvalue weighted by Gasteiger charge is -2.34. The molecule has 28 heavy (non-hydrogen) atoms. The van der Waals surface area contributed by atoms with Gasteiger partial charge in [-0.1, -0.05) is 0 Å². The van der Waals surface area contributed by atoms with E-state index in [1.54, 1.807) is 0 Å². The Labute approximate surface area is 164 Å². The number of ketones is 2. The van der Waals surface area contributed by atoms with Crippen LogP contribution in [-0.2, 0) is 6.42 Å². The number of nitrogen functional groups attached to an aromatic ring is 1. The molecule has 0 radical (unpaired) electrons. The minimum Gasteiger partial charge on any atom is -0.382 e. The van der Waals surface area contributed by atoms with Crippen molar-refractivity contribution >= 4 is 23.1 Å². The summed E-state index contributed by atoms with van der Waals surface area (Å²) in [4.78, 5) is 35.7. The molecule has 2 heterocycles. The first-order chi connectivity index (χ1) is 13.5. The average molecular weight is 379 g/mol. The molecule has 2 aromatic rings. The van der Waals surface area contributed by atoms with Crippen molar-refractivity contribution in [2.75, 3.05) is 23.7 Å². The zero-order valence-electron chi connectivity index (χ0n) is 15.8. The van der Waals surface area contributed by atoms with E-state index in [9.17, 15) is 9.59 Å². The summed E-state index contributed by atoms with van der Waals surface area (Å²) in [5.74, 6) is 0.214. The zero-order chi connectivity index (χ0) is 19.7. The number of piperidine rings is 1. The van der Waals surface area contributed by atoms with E-state index in [0.29, 0.717) is 5.56 Å². The molecule has 0 amide bonds. The summed E-state index contributed by atoms with van der Waals surface area (Å²) in [6.45, 7) is 1.63. The van der Waals surface area contributed by atoms with Crippen LogP contribution < -0.4 is 16.4 Å². The summed E-state index contributed by atoms with van der Waals surface area (Å²) in [6, 6.07) is 5.80. The van der Waals surface area contributed by atoms with Crippen LogP contribution >= 0.6 is 0 Å². The second-order valence-corrected chi connectivity index (χ2v) is 7.72. The van der Waals surface area contributed by atoms with Crippen LogP contribution in [0.5, 0.6) is 0 Å². The molecule has 1 unspecified atom stereocenters. The standard InChI is InChI=1S/C21H25N5O2/c22-16-2-1-9-26(12-16)17-6-5-14(20(28)13-3-4-13)10-15(17)11-18(27)19-21(23)25-8-7-24-19/h5-8,10,13,16H,1-4,9,11-12,22H2,(H2,23,25). The number of aromatic nitrogens is 2. The zero-order valence-corrected chi connectivity index (χ0v) is 15.8. The topological polar surface area (TPSA) is 115 Å². The molecule has 1 aromatic heterocycles. The van der Waals surface area contributed by atoms with Gasteiger partial charge in [-0.3, -0.25) is 9.59 Å². The number of carbonyl (C=O) groups excluding carboxylic acids is 2. The second kappa shape index (κ2) is 7.67. The van der Waals surface area contributed by atoms with Crippen LogP contribution in [0.3, 0.4) is 0 Å². The molecule has 1 aromatic carbocycles. The van der Waals surface area contributed by atoms with Gasteiger partial charge in [-0.05, 0) is 49.4 Å². The SMILES string of the molecule is Nc1nccnc1C(=O)Cc1cc(C(=O)C2CC2)ccc1N1CCCC(N)C1. The summed E-state index contributed by atoms with van der Waals surface area (Å²) < 4.78 is 0. The smallest absolute Gasteiger partial charge is 0.189 e. The first-order valence-electron chi connectivity index (χ1n) is 9.80. The largest absolute Gasteiger partial charge is 0.382 e. The highest BCUT2D eigenvalue weighted by Crippen LogP contribution is 2.34. The quantitative estimate of drug-likeness (QED) is 0.738. The van der Waals surface area contributed by atoms with Gasteiger partial charge in [0.15, 0.2) is 17.4 Å². The highest BCUT2D eigenvalue weighted by molar-refractivity contribution is 6.02. The normalized spacial score (nSPS) is 19.5. The maximum atomic E-state index is 12.9. The van der Waals surface area contributed by atoms with Crippen LogP contribution in [0.2, 0.25) is 0 Å². The number of nitrogens with two attached hydrogens (primary N) is 2. The Kier molecular flexibility index (Phi) is 5.09. The van der Waals surface area contributed by atoms with E-state index >= 15 is 0 Å². The number of hydrogen-bond acceptors (Lipinski definition) is 7. The molecule has 0 spiro atoms. The lowest BCUT2D eigenvalue weighted by molar-refractivity contribution is 0.0962. The van der Waals surface area contributed by atoms with Crippen molar-refractivity contribution in [3.05, 3.63) is 47.4 Å². The van der Waals surface area contributed by atoms with Gasteiger partial charge in [0.1, 0.15) is 5.69 Å². The van der Waals surface area contributed by atoms with Gasteiger partial charge in [0.05, 0.1) is 0 Å². The summed E-state index contributed by atoms with van der Waals surface area (Å²) in [5, 5.41) is 0. The summed E-state index contributed by atoms with van der Waals surface area (Å²) >= 11 is 0. The molecule has 7 heteroatoms. The number of hydrogen-bond donors (Lipinski definition) is 2. The molecule has 4 N–H and O–H groups in total. The Morgan fingerprint density at radius 3 is 2.64 bits per heavy atom. The van der Waals surface area contributed by atoms with E-state index < -0.39 is 0 Å². The molecule has 2 aliphatic rings. The Morgan fingerprint density at radius 1 is 1.14 bits per heavy atom. The van der Waals surface area contributed by atoms with Gasteiger partial charge in [-0.15, -0.1) is 0 Å². The van der Waals surface area contributed by atoms with Crippen LogP contribution in [0.4, 0.5) is 11.5 Å². The molecule has 2 fully saturated rings. The maximum absolute atomic E-state index is 12.9. The molecule has 1 aliphatic carbocycles. The number of rotatable bonds is 6. The van der Waals surface area contributed by atoms with Gasteiger partial charge in [-0.2, -0.15) is 0 Å². The molecule has 4 rings (SSSR count). The number of nitrogens with zero attached hydrogens (tertiary/aromatic N) is 3. The van der Waals surface area contributed by atoms with Gasteiger partial charge >= 0.3 is 0 Å². The van der Waals surface area contributed by atoms with E-state index in [4.69, 9.17) is 11.5 Å². The third-order valence-electron chi connectivity index (χ3n) is 5.45. The van der Waals surface area contributed by atoms with Gasteiger partial charge in [-0.25, -0.2) is 9.97 Å². The van der Waals surface area contributed by atoms with Crippen molar-refractivity contribution in [3.63, 3.8) is 0 Å². The van der Waals surface area contributed by atoms with E-state index in [2.05, 4.69) is 14.9 Å². The lowest BCUT2D eigenvalue weighted by Crippen LogP contribution is -2.43. The van der Waals surface area contributed by atoms with Crippen molar-refractivity contribution in [3.8, 4) is 0 Å². The Bertz CT molecular complexity index is 909. The highest BCUT2D eigenvalue weighted by Gasteiger charge is 2.31. The Morgan fingerprint density at radius 2 is 1.93 bits per heavy atom. The molecule has 7 nitrogen and oxygen atoms in total. The van der Waals surface area contributed by atoms with Crippen molar-refractivity contribution in [2.45, 2.75) is 38.1 Å². The predicted molar refractivity (Wildman–Crippen MR) is 107 cm³/mol. The van der Waals surface area contributed by atoms with Crippen molar-refractivity contribution in [1.29, 1.82) is 0 Å². The maximum Gasteiger partial charge on any atom is 0.189 e. The van der Waals surface area contributed by atoms with Gasteiger partial charge in [0.2, 0.25) is 0 Å². The van der Waals surface area contributed by atoms with E-state index in [1.807, 2.05) is 18.2 Å². The molecular formula is C21H25N5O2. The number of anilines is 2.